The maximum Gasteiger partial charge on any atom is 0.227 e. The summed E-state index contributed by atoms with van der Waals surface area (Å²) >= 11 is 0. The van der Waals surface area contributed by atoms with Gasteiger partial charge in [0.2, 0.25) is 5.91 Å². The Labute approximate surface area is 222 Å². The van der Waals surface area contributed by atoms with Crippen LogP contribution >= 0.6 is 0 Å². The summed E-state index contributed by atoms with van der Waals surface area (Å²) < 4.78 is 13.5. The van der Waals surface area contributed by atoms with E-state index < -0.39 is 0 Å². The van der Waals surface area contributed by atoms with Crippen LogP contribution in [0.15, 0.2) is 67.4 Å². The average molecular weight is 519 g/mol. The fourth-order valence-electron chi connectivity index (χ4n) is 5.23. The van der Waals surface area contributed by atoms with Crippen LogP contribution in [0.4, 0.5) is 10.1 Å². The molecule has 1 aliphatic rings. The molecule has 10 heteroatoms. The molecular weight excluding hydrogens is 495 g/mol. The number of aromatic amines is 2. The number of nitrogens with one attached hydrogen (secondary N) is 3. The van der Waals surface area contributed by atoms with E-state index in [2.05, 4.69) is 35.5 Å². The number of aromatic nitrogens is 7. The molecule has 1 fully saturated rings. The fourth-order valence-corrected chi connectivity index (χ4v) is 5.23. The maximum atomic E-state index is 13.5. The third kappa shape index (κ3) is 4.29. The molecule has 1 amide bonds. The molecule has 1 aliphatic carbocycles. The first-order valence-electron chi connectivity index (χ1n) is 12.8. The minimum atomic E-state index is -0.301. The van der Waals surface area contributed by atoms with E-state index in [4.69, 9.17) is 4.98 Å². The van der Waals surface area contributed by atoms with Crippen molar-refractivity contribution in [1.29, 1.82) is 0 Å². The SMILES string of the molecule is O=C(Nc1cncc(-c2cnc3[nH]nc(-c4nc5c(-c6ccc(F)cc6)cncc5[nH]4)c3c2)c1)C1CCCC1. The van der Waals surface area contributed by atoms with Crippen molar-refractivity contribution in [3.8, 4) is 33.8 Å². The molecule has 0 unspecified atom stereocenters. The van der Waals surface area contributed by atoms with Crippen molar-refractivity contribution in [2.75, 3.05) is 5.32 Å². The predicted molar refractivity (Wildman–Crippen MR) is 146 cm³/mol. The highest BCUT2D eigenvalue weighted by atomic mass is 19.1. The van der Waals surface area contributed by atoms with Crippen molar-refractivity contribution >= 4 is 33.7 Å². The summed E-state index contributed by atoms with van der Waals surface area (Å²) in [5.74, 6) is 0.381. The van der Waals surface area contributed by atoms with Crippen LogP contribution in [0, 0.1) is 11.7 Å². The maximum absolute atomic E-state index is 13.5. The number of nitrogens with zero attached hydrogens (tertiary/aromatic N) is 5. The molecule has 39 heavy (non-hydrogen) atoms. The highest BCUT2D eigenvalue weighted by Gasteiger charge is 2.23. The van der Waals surface area contributed by atoms with Crippen LogP contribution in [0.5, 0.6) is 0 Å². The first kappa shape index (κ1) is 23.2. The molecule has 5 heterocycles. The molecule has 0 bridgehead atoms. The number of hydrogen-bond acceptors (Lipinski definition) is 6. The van der Waals surface area contributed by atoms with Crippen LogP contribution in [0.1, 0.15) is 25.7 Å². The Balaban J connectivity index is 1.24. The number of carbonyl (C=O) groups excluding carboxylic acids is 1. The Morgan fingerprint density at radius 3 is 2.56 bits per heavy atom. The lowest BCUT2D eigenvalue weighted by molar-refractivity contribution is -0.119. The summed E-state index contributed by atoms with van der Waals surface area (Å²) in [6, 6.07) is 10.1. The number of halogens is 1. The zero-order valence-electron chi connectivity index (χ0n) is 20.8. The van der Waals surface area contributed by atoms with E-state index in [0.717, 1.165) is 58.8 Å². The minimum Gasteiger partial charge on any atom is -0.335 e. The summed E-state index contributed by atoms with van der Waals surface area (Å²) in [7, 11) is 0. The molecule has 192 valence electrons. The second kappa shape index (κ2) is 9.39. The Kier molecular flexibility index (Phi) is 5.58. The molecule has 0 saturated heterocycles. The van der Waals surface area contributed by atoms with E-state index in [1.54, 1.807) is 43.1 Å². The number of rotatable bonds is 5. The molecule has 0 spiro atoms. The van der Waals surface area contributed by atoms with Gasteiger partial charge in [-0.1, -0.05) is 25.0 Å². The summed E-state index contributed by atoms with van der Waals surface area (Å²) in [6.45, 7) is 0. The van der Waals surface area contributed by atoms with Gasteiger partial charge in [-0.2, -0.15) is 5.10 Å². The van der Waals surface area contributed by atoms with Gasteiger partial charge in [0, 0.05) is 41.2 Å². The van der Waals surface area contributed by atoms with E-state index in [9.17, 15) is 9.18 Å². The normalized spacial score (nSPS) is 13.9. The molecule has 9 nitrogen and oxygen atoms in total. The van der Waals surface area contributed by atoms with Crippen molar-refractivity contribution in [3.05, 3.63) is 73.2 Å². The largest absolute Gasteiger partial charge is 0.335 e. The van der Waals surface area contributed by atoms with E-state index in [1.165, 1.54) is 12.1 Å². The monoisotopic (exact) mass is 518 g/mol. The number of amides is 1. The second-order valence-electron chi connectivity index (χ2n) is 9.80. The number of benzene rings is 1. The third-order valence-corrected chi connectivity index (χ3v) is 7.26. The van der Waals surface area contributed by atoms with Gasteiger partial charge in [0.25, 0.3) is 0 Å². The van der Waals surface area contributed by atoms with Crippen molar-refractivity contribution in [2.45, 2.75) is 25.7 Å². The van der Waals surface area contributed by atoms with E-state index in [0.29, 0.717) is 28.4 Å². The van der Waals surface area contributed by atoms with Crippen LogP contribution in [0.3, 0.4) is 0 Å². The molecule has 5 aromatic heterocycles. The van der Waals surface area contributed by atoms with Crippen LogP contribution in [0.2, 0.25) is 0 Å². The summed E-state index contributed by atoms with van der Waals surface area (Å²) in [5.41, 5.74) is 6.60. The summed E-state index contributed by atoms with van der Waals surface area (Å²) in [6.07, 6.45) is 12.6. The molecule has 1 aromatic carbocycles. The number of imidazole rings is 1. The van der Waals surface area contributed by atoms with Gasteiger partial charge in [-0.15, -0.1) is 0 Å². The van der Waals surface area contributed by atoms with Crippen LogP contribution in [0.25, 0.3) is 55.8 Å². The van der Waals surface area contributed by atoms with Gasteiger partial charge < -0.3 is 10.3 Å². The molecule has 3 N–H and O–H groups in total. The van der Waals surface area contributed by atoms with E-state index >= 15 is 0 Å². The van der Waals surface area contributed by atoms with Crippen molar-refractivity contribution < 1.29 is 9.18 Å². The molecule has 7 rings (SSSR count). The van der Waals surface area contributed by atoms with Crippen LogP contribution in [-0.2, 0) is 4.79 Å². The molecule has 0 atom stereocenters. The lowest BCUT2D eigenvalue weighted by Crippen LogP contribution is -2.20. The second-order valence-corrected chi connectivity index (χ2v) is 9.80. The van der Waals surface area contributed by atoms with Crippen molar-refractivity contribution in [1.82, 2.24) is 35.1 Å². The van der Waals surface area contributed by atoms with E-state index in [-0.39, 0.29) is 17.6 Å². The molecule has 1 saturated carbocycles. The number of anilines is 1. The van der Waals surface area contributed by atoms with Gasteiger partial charge in [0.1, 0.15) is 11.5 Å². The van der Waals surface area contributed by atoms with Gasteiger partial charge in [-0.3, -0.25) is 19.9 Å². The highest BCUT2D eigenvalue weighted by Crippen LogP contribution is 2.33. The Bertz CT molecular complexity index is 1840. The smallest absolute Gasteiger partial charge is 0.227 e. The average Bonchev–Trinajstić information content (AvgIpc) is 3.73. The molecular formula is C29H23FN8O. The minimum absolute atomic E-state index is 0.0523. The Morgan fingerprint density at radius 1 is 0.923 bits per heavy atom. The Hall–Kier alpha value is -4.99. The van der Waals surface area contributed by atoms with Crippen LogP contribution in [-0.4, -0.2) is 41.0 Å². The number of hydrogen-bond donors (Lipinski definition) is 3. The van der Waals surface area contributed by atoms with Crippen LogP contribution < -0.4 is 5.32 Å². The topological polar surface area (TPSA) is 125 Å². The number of carbonyl (C=O) groups is 1. The fraction of sp³-hybridized carbons (Fsp3) is 0.172. The highest BCUT2D eigenvalue weighted by molar-refractivity contribution is 5.97. The Morgan fingerprint density at radius 2 is 1.72 bits per heavy atom. The van der Waals surface area contributed by atoms with Gasteiger partial charge >= 0.3 is 0 Å². The number of pyridine rings is 3. The zero-order valence-corrected chi connectivity index (χ0v) is 20.8. The molecule has 0 radical (unpaired) electrons. The first-order valence-corrected chi connectivity index (χ1v) is 12.8. The summed E-state index contributed by atoms with van der Waals surface area (Å²) in [5, 5.41) is 11.3. The first-order chi connectivity index (χ1) is 19.1. The predicted octanol–water partition coefficient (Wildman–Crippen LogP) is 5.89. The van der Waals surface area contributed by atoms with Gasteiger partial charge in [0.05, 0.1) is 34.5 Å². The number of fused-ring (bicyclic) bond motifs is 2. The quantitative estimate of drug-likeness (QED) is 0.261. The lowest BCUT2D eigenvalue weighted by atomic mass is 10.1. The zero-order chi connectivity index (χ0) is 26.3. The lowest BCUT2D eigenvalue weighted by Gasteiger charge is -2.11. The van der Waals surface area contributed by atoms with Crippen molar-refractivity contribution in [3.63, 3.8) is 0 Å². The number of H-pyrrole nitrogens is 2. The van der Waals surface area contributed by atoms with Crippen molar-refractivity contribution in [2.24, 2.45) is 5.92 Å². The molecule has 6 aromatic rings. The van der Waals surface area contributed by atoms with Gasteiger partial charge in [-0.05, 0) is 42.7 Å². The summed E-state index contributed by atoms with van der Waals surface area (Å²) in [4.78, 5) is 34.0. The van der Waals surface area contributed by atoms with Gasteiger partial charge in [0.15, 0.2) is 11.5 Å². The van der Waals surface area contributed by atoms with Gasteiger partial charge in [-0.25, -0.2) is 14.4 Å². The van der Waals surface area contributed by atoms with E-state index in [1.807, 2.05) is 12.1 Å². The molecule has 0 aliphatic heterocycles. The standard InChI is InChI=1S/C29H23FN8O/c30-20-7-5-16(6-8-20)23-14-32-15-24-25(23)36-28(35-24)26-22-10-19(12-33-27(22)38-37-26)18-9-21(13-31-11-18)34-29(39)17-3-1-2-4-17/h5-15,17H,1-4H2,(H,34,39)(H,35,36)(H,33,37,38). The third-order valence-electron chi connectivity index (χ3n) is 7.26.